The van der Waals surface area contributed by atoms with E-state index in [-0.39, 0.29) is 5.41 Å². The van der Waals surface area contributed by atoms with Gasteiger partial charge < -0.3 is 4.90 Å². The molecule has 168 valence electrons. The molecule has 0 aromatic heterocycles. The van der Waals surface area contributed by atoms with Gasteiger partial charge in [0, 0.05) is 12.2 Å². The minimum Gasteiger partial charge on any atom is -0.358 e. The first-order chi connectivity index (χ1) is 13.7. The first-order valence-electron chi connectivity index (χ1n) is 12.2. The number of rotatable bonds is 11. The number of sulfonamides is 1. The van der Waals surface area contributed by atoms with E-state index < -0.39 is 15.4 Å². The smallest absolute Gasteiger partial charge is 0.230 e. The van der Waals surface area contributed by atoms with Gasteiger partial charge >= 0.3 is 0 Å². The van der Waals surface area contributed by atoms with E-state index in [1.807, 2.05) is 0 Å². The summed E-state index contributed by atoms with van der Waals surface area (Å²) >= 11 is 0. The number of piperidine rings is 1. The highest BCUT2D eigenvalue weighted by atomic mass is 32.2. The van der Waals surface area contributed by atoms with Crippen molar-refractivity contribution in [1.29, 1.82) is 0 Å². The average molecular weight is 425 g/mol. The summed E-state index contributed by atoms with van der Waals surface area (Å²) < 4.78 is 24.8. The van der Waals surface area contributed by atoms with Crippen LogP contribution in [0.5, 0.6) is 0 Å². The number of primary sulfonamides is 1. The van der Waals surface area contributed by atoms with Gasteiger partial charge in [-0.2, -0.15) is 0 Å². The molecule has 0 aromatic rings. The van der Waals surface area contributed by atoms with Crippen LogP contribution in [0.1, 0.15) is 104 Å². The summed E-state index contributed by atoms with van der Waals surface area (Å²) in [6, 6.07) is 0. The lowest BCUT2D eigenvalue weighted by Gasteiger charge is -2.43. The molecule has 0 radical (unpaired) electrons. The van der Waals surface area contributed by atoms with Gasteiger partial charge in [-0.05, 0) is 81.0 Å². The molecular formula is C24H44N2O2S. The van der Waals surface area contributed by atoms with Gasteiger partial charge in [0.05, 0.1) is 0 Å². The minimum absolute atomic E-state index is 0.207. The van der Waals surface area contributed by atoms with Crippen LogP contribution in [0.3, 0.4) is 0 Å². The Morgan fingerprint density at radius 2 is 1.83 bits per heavy atom. The van der Waals surface area contributed by atoms with Crippen molar-refractivity contribution in [1.82, 2.24) is 4.90 Å². The maximum absolute atomic E-state index is 12.4. The Morgan fingerprint density at radius 1 is 1.10 bits per heavy atom. The average Bonchev–Trinajstić information content (AvgIpc) is 3.41. The third kappa shape index (κ3) is 6.46. The first kappa shape index (κ1) is 23.1. The Kier molecular flexibility index (Phi) is 7.75. The van der Waals surface area contributed by atoms with Crippen LogP contribution in [0.4, 0.5) is 0 Å². The van der Waals surface area contributed by atoms with Gasteiger partial charge in [0.15, 0.2) is 0 Å². The molecule has 3 rings (SSSR count). The van der Waals surface area contributed by atoms with Crippen LogP contribution in [-0.2, 0) is 10.0 Å². The minimum atomic E-state index is -3.56. The first-order valence-corrected chi connectivity index (χ1v) is 13.8. The number of likely N-dealkylation sites (tertiary alicyclic amines) is 1. The fourth-order valence-corrected chi connectivity index (χ4v) is 6.95. The van der Waals surface area contributed by atoms with Gasteiger partial charge in [-0.25, -0.2) is 13.6 Å². The van der Waals surface area contributed by atoms with E-state index in [0.29, 0.717) is 12.3 Å². The second-order valence-electron chi connectivity index (χ2n) is 10.7. The lowest BCUT2D eigenvalue weighted by atomic mass is 9.66. The second kappa shape index (κ2) is 9.72. The van der Waals surface area contributed by atoms with Crippen molar-refractivity contribution in [3.05, 3.63) is 11.8 Å². The third-order valence-corrected chi connectivity index (χ3v) is 8.59. The predicted molar refractivity (Wildman–Crippen MR) is 122 cm³/mol. The molecule has 0 aromatic carbocycles. The SMILES string of the molecule is CCCC(C=C(CC1CC1)N1CCCCC1S(N)(=O)=O)(CC(C)C)CC1CCC1. The van der Waals surface area contributed by atoms with Crippen LogP contribution in [0.2, 0.25) is 0 Å². The Labute approximate surface area is 179 Å². The van der Waals surface area contributed by atoms with E-state index in [1.54, 1.807) is 0 Å². The van der Waals surface area contributed by atoms with Gasteiger partial charge in [-0.1, -0.05) is 52.5 Å². The van der Waals surface area contributed by atoms with Crippen molar-refractivity contribution in [3.8, 4) is 0 Å². The van der Waals surface area contributed by atoms with Crippen LogP contribution in [0, 0.1) is 23.2 Å². The summed E-state index contributed by atoms with van der Waals surface area (Å²) in [6.45, 7) is 7.83. The van der Waals surface area contributed by atoms with Crippen LogP contribution in [0.15, 0.2) is 11.8 Å². The topological polar surface area (TPSA) is 63.4 Å². The van der Waals surface area contributed by atoms with Gasteiger partial charge in [0.25, 0.3) is 0 Å². The van der Waals surface area contributed by atoms with Gasteiger partial charge in [0.1, 0.15) is 5.37 Å². The molecule has 0 amide bonds. The Bertz CT molecular complexity index is 664. The Hall–Kier alpha value is -0.550. The predicted octanol–water partition coefficient (Wildman–Crippen LogP) is 5.79. The van der Waals surface area contributed by atoms with E-state index >= 15 is 0 Å². The van der Waals surface area contributed by atoms with Crippen molar-refractivity contribution in [2.45, 2.75) is 110 Å². The van der Waals surface area contributed by atoms with Gasteiger partial charge in [-0.15, -0.1) is 0 Å². The number of nitrogens with zero attached hydrogens (tertiary/aromatic N) is 1. The zero-order valence-electron chi connectivity index (χ0n) is 19.0. The molecular weight excluding hydrogens is 380 g/mol. The Morgan fingerprint density at radius 3 is 2.34 bits per heavy atom. The van der Waals surface area contributed by atoms with Crippen molar-refractivity contribution < 1.29 is 8.42 Å². The molecule has 29 heavy (non-hydrogen) atoms. The summed E-state index contributed by atoms with van der Waals surface area (Å²) in [6.07, 6.45) is 17.9. The molecule has 3 fully saturated rings. The quantitative estimate of drug-likeness (QED) is 0.456. The molecule has 1 saturated heterocycles. The molecule has 4 nitrogen and oxygen atoms in total. The summed E-state index contributed by atoms with van der Waals surface area (Å²) in [4.78, 5) is 2.21. The standard InChI is InChI=1S/C24H44N2O2S/c1-4-13-24(16-19(2)3,17-21-8-7-9-21)18-22(15-20-11-12-20)26-14-6-5-10-23(26)29(25,27)28/h18-21,23H,4-17H2,1-3H3,(H2,25,27,28). The molecule has 0 bridgehead atoms. The fourth-order valence-electron chi connectivity index (χ4n) is 5.86. The maximum atomic E-state index is 12.4. The molecule has 2 unspecified atom stereocenters. The van der Waals surface area contributed by atoms with Crippen LogP contribution in [0.25, 0.3) is 0 Å². The molecule has 5 heteroatoms. The molecule has 3 aliphatic rings. The van der Waals surface area contributed by atoms with Crippen LogP contribution >= 0.6 is 0 Å². The molecule has 2 aliphatic carbocycles. The molecule has 0 spiro atoms. The zero-order valence-corrected chi connectivity index (χ0v) is 19.9. The maximum Gasteiger partial charge on any atom is 0.230 e. The molecule has 1 heterocycles. The van der Waals surface area contributed by atoms with E-state index in [1.165, 1.54) is 63.5 Å². The highest BCUT2D eigenvalue weighted by molar-refractivity contribution is 7.89. The summed E-state index contributed by atoms with van der Waals surface area (Å²) in [5.74, 6) is 2.25. The summed E-state index contributed by atoms with van der Waals surface area (Å²) in [7, 11) is -3.56. The molecule has 1 aliphatic heterocycles. The lowest BCUT2D eigenvalue weighted by Crippen LogP contribution is -2.47. The molecule has 2 saturated carbocycles. The van der Waals surface area contributed by atoms with E-state index in [9.17, 15) is 8.42 Å². The van der Waals surface area contributed by atoms with Crippen molar-refractivity contribution >= 4 is 10.0 Å². The molecule has 2 N–H and O–H groups in total. The number of nitrogens with two attached hydrogens (primary N) is 1. The third-order valence-electron chi connectivity index (χ3n) is 7.35. The normalized spacial score (nSPS) is 26.4. The van der Waals surface area contributed by atoms with E-state index in [4.69, 9.17) is 5.14 Å². The lowest BCUT2D eigenvalue weighted by molar-refractivity contribution is 0.156. The number of hydrogen-bond acceptors (Lipinski definition) is 3. The van der Waals surface area contributed by atoms with E-state index in [0.717, 1.165) is 37.6 Å². The van der Waals surface area contributed by atoms with Crippen molar-refractivity contribution in [3.63, 3.8) is 0 Å². The molecule has 2 atom stereocenters. The fraction of sp³-hybridized carbons (Fsp3) is 0.917. The second-order valence-corrected chi connectivity index (χ2v) is 12.4. The largest absolute Gasteiger partial charge is 0.358 e. The highest BCUT2D eigenvalue weighted by Crippen LogP contribution is 2.47. The summed E-state index contributed by atoms with van der Waals surface area (Å²) in [5.41, 5.74) is 1.51. The Balaban J connectivity index is 1.96. The summed E-state index contributed by atoms with van der Waals surface area (Å²) in [5, 5.41) is 5.18. The van der Waals surface area contributed by atoms with E-state index in [2.05, 4.69) is 31.7 Å². The van der Waals surface area contributed by atoms with Crippen molar-refractivity contribution in [2.75, 3.05) is 6.54 Å². The number of allylic oxidation sites excluding steroid dienone is 2. The van der Waals surface area contributed by atoms with Crippen molar-refractivity contribution in [2.24, 2.45) is 28.3 Å². The monoisotopic (exact) mass is 424 g/mol. The van der Waals surface area contributed by atoms with Gasteiger partial charge in [-0.3, -0.25) is 0 Å². The van der Waals surface area contributed by atoms with Crippen LogP contribution < -0.4 is 5.14 Å². The zero-order chi connectivity index (χ0) is 21.1. The highest BCUT2D eigenvalue weighted by Gasteiger charge is 2.38. The number of hydrogen-bond donors (Lipinski definition) is 1. The van der Waals surface area contributed by atoms with Crippen LogP contribution in [-0.4, -0.2) is 25.2 Å². The van der Waals surface area contributed by atoms with Gasteiger partial charge in [0.2, 0.25) is 10.0 Å².